The lowest BCUT2D eigenvalue weighted by atomic mass is 9.92. The lowest BCUT2D eigenvalue weighted by Crippen LogP contribution is -2.16. The number of thioether (sulfide) groups is 1. The third-order valence-corrected chi connectivity index (χ3v) is 8.13. The standard InChI is InChI=1S/C25H31N3O2S2/c1-14(2)16-7-5-8-17(15(3)4)23(16)28-21(29)11-12-31-13-20-26-24(30)22-18-9-6-10-19(18)32-25(22)27-20/h5,7-8,14-15H,6,9-13H2,1-4H3,(H,28,29)(H,26,27,30). The molecule has 1 aromatic carbocycles. The van der Waals surface area contributed by atoms with Crippen molar-refractivity contribution in [2.75, 3.05) is 11.1 Å². The average molecular weight is 470 g/mol. The van der Waals surface area contributed by atoms with Crippen LogP contribution in [0.25, 0.3) is 10.2 Å². The molecule has 0 saturated carbocycles. The molecular formula is C25H31N3O2S2. The Labute approximate surface area is 197 Å². The van der Waals surface area contributed by atoms with E-state index in [4.69, 9.17) is 0 Å². The van der Waals surface area contributed by atoms with Crippen LogP contribution in [0.1, 0.15) is 79.8 Å². The van der Waals surface area contributed by atoms with E-state index < -0.39 is 0 Å². The van der Waals surface area contributed by atoms with Crippen molar-refractivity contribution >= 4 is 44.9 Å². The van der Waals surface area contributed by atoms with Gasteiger partial charge in [-0.3, -0.25) is 9.59 Å². The van der Waals surface area contributed by atoms with Gasteiger partial charge in [-0.2, -0.15) is 11.8 Å². The van der Waals surface area contributed by atoms with Crippen LogP contribution >= 0.6 is 23.1 Å². The van der Waals surface area contributed by atoms with Gasteiger partial charge in [-0.25, -0.2) is 4.98 Å². The number of carbonyl (C=O) groups excluding carboxylic acids is 1. The normalized spacial score (nSPS) is 13.3. The van der Waals surface area contributed by atoms with Crippen LogP contribution in [0, 0.1) is 0 Å². The van der Waals surface area contributed by atoms with E-state index in [1.165, 1.54) is 21.6 Å². The second kappa shape index (κ2) is 9.79. The smallest absolute Gasteiger partial charge is 0.259 e. The van der Waals surface area contributed by atoms with E-state index in [9.17, 15) is 9.59 Å². The molecule has 3 aromatic rings. The Hall–Kier alpha value is -2.12. The van der Waals surface area contributed by atoms with Crippen molar-refractivity contribution in [3.63, 3.8) is 0 Å². The van der Waals surface area contributed by atoms with Gasteiger partial charge in [-0.1, -0.05) is 45.9 Å². The largest absolute Gasteiger partial charge is 0.326 e. The molecule has 2 aromatic heterocycles. The van der Waals surface area contributed by atoms with Gasteiger partial charge in [-0.15, -0.1) is 11.3 Å². The summed E-state index contributed by atoms with van der Waals surface area (Å²) in [5.74, 6) is 2.68. The number of para-hydroxylation sites is 1. The van der Waals surface area contributed by atoms with E-state index in [1.54, 1.807) is 23.1 Å². The first-order valence-electron chi connectivity index (χ1n) is 11.4. The quantitative estimate of drug-likeness (QED) is 0.398. The number of rotatable bonds is 8. The minimum atomic E-state index is -0.0192. The third kappa shape index (κ3) is 4.79. The molecule has 1 aliphatic carbocycles. The maximum atomic E-state index is 12.7. The van der Waals surface area contributed by atoms with E-state index in [0.29, 0.717) is 35.6 Å². The number of benzene rings is 1. The second-order valence-electron chi connectivity index (χ2n) is 9.02. The minimum Gasteiger partial charge on any atom is -0.326 e. The number of amides is 1. The number of anilines is 1. The zero-order chi connectivity index (χ0) is 22.8. The Morgan fingerprint density at radius 3 is 2.59 bits per heavy atom. The van der Waals surface area contributed by atoms with E-state index in [0.717, 1.165) is 35.2 Å². The maximum Gasteiger partial charge on any atom is 0.259 e. The number of aryl methyl sites for hydroxylation is 2. The summed E-state index contributed by atoms with van der Waals surface area (Å²) in [5, 5.41) is 3.96. The Bertz CT molecular complexity index is 1170. The predicted molar refractivity (Wildman–Crippen MR) is 136 cm³/mol. The maximum absolute atomic E-state index is 12.7. The van der Waals surface area contributed by atoms with Crippen LogP contribution in [0.3, 0.4) is 0 Å². The van der Waals surface area contributed by atoms with Crippen molar-refractivity contribution in [3.8, 4) is 0 Å². The van der Waals surface area contributed by atoms with Crippen molar-refractivity contribution in [3.05, 3.63) is 55.9 Å². The summed E-state index contributed by atoms with van der Waals surface area (Å²) >= 11 is 3.29. The van der Waals surface area contributed by atoms with Crippen LogP contribution in [0.15, 0.2) is 23.0 Å². The number of nitrogens with zero attached hydrogens (tertiary/aromatic N) is 1. The molecule has 0 fully saturated rings. The number of thiophene rings is 1. The SMILES string of the molecule is CC(C)c1cccc(C(C)C)c1NC(=O)CCSCc1nc2sc3c(c2c(=O)[nH]1)CCC3. The number of hydrogen-bond donors (Lipinski definition) is 2. The first-order valence-corrected chi connectivity index (χ1v) is 13.4. The summed E-state index contributed by atoms with van der Waals surface area (Å²) in [6.45, 7) is 8.60. The van der Waals surface area contributed by atoms with Gasteiger partial charge in [0.05, 0.1) is 11.1 Å². The molecule has 5 nitrogen and oxygen atoms in total. The Balaban J connectivity index is 1.36. The van der Waals surface area contributed by atoms with E-state index >= 15 is 0 Å². The zero-order valence-corrected chi connectivity index (χ0v) is 20.8. The molecule has 0 unspecified atom stereocenters. The fraction of sp³-hybridized carbons (Fsp3) is 0.480. The van der Waals surface area contributed by atoms with Gasteiger partial charge in [0, 0.05) is 22.7 Å². The molecule has 7 heteroatoms. The van der Waals surface area contributed by atoms with Crippen molar-refractivity contribution in [1.82, 2.24) is 9.97 Å². The van der Waals surface area contributed by atoms with Crippen LogP contribution in [0.4, 0.5) is 5.69 Å². The van der Waals surface area contributed by atoms with Gasteiger partial charge in [0.25, 0.3) is 5.56 Å². The van der Waals surface area contributed by atoms with Crippen molar-refractivity contribution in [2.24, 2.45) is 0 Å². The second-order valence-corrected chi connectivity index (χ2v) is 11.2. The fourth-order valence-corrected chi connectivity index (χ4v) is 6.43. The molecule has 2 N–H and O–H groups in total. The summed E-state index contributed by atoms with van der Waals surface area (Å²) in [4.78, 5) is 35.1. The summed E-state index contributed by atoms with van der Waals surface area (Å²) in [7, 11) is 0. The topological polar surface area (TPSA) is 74.8 Å². The molecule has 4 rings (SSSR count). The highest BCUT2D eigenvalue weighted by Gasteiger charge is 2.21. The Morgan fingerprint density at radius 1 is 1.19 bits per heavy atom. The van der Waals surface area contributed by atoms with Gasteiger partial charge in [-0.05, 0) is 47.8 Å². The van der Waals surface area contributed by atoms with Crippen LogP contribution in [-0.2, 0) is 23.4 Å². The molecular weight excluding hydrogens is 438 g/mol. The molecule has 0 radical (unpaired) electrons. The van der Waals surface area contributed by atoms with Crippen LogP contribution in [0.2, 0.25) is 0 Å². The van der Waals surface area contributed by atoms with Crippen LogP contribution in [-0.4, -0.2) is 21.6 Å². The molecule has 170 valence electrons. The fourth-order valence-electron chi connectivity index (χ4n) is 4.35. The molecule has 0 atom stereocenters. The van der Waals surface area contributed by atoms with Crippen molar-refractivity contribution in [2.45, 2.75) is 71.0 Å². The summed E-state index contributed by atoms with van der Waals surface area (Å²) in [5.41, 5.74) is 4.51. The lowest BCUT2D eigenvalue weighted by molar-refractivity contribution is -0.115. The van der Waals surface area contributed by atoms with E-state index in [2.05, 4.69) is 61.2 Å². The van der Waals surface area contributed by atoms with Gasteiger partial charge in [0.2, 0.25) is 5.91 Å². The number of hydrogen-bond acceptors (Lipinski definition) is 5. The number of aromatic amines is 1. The average Bonchev–Trinajstić information content (AvgIpc) is 3.32. The first kappa shape index (κ1) is 23.1. The summed E-state index contributed by atoms with van der Waals surface area (Å²) < 4.78 is 0. The van der Waals surface area contributed by atoms with Gasteiger partial charge >= 0.3 is 0 Å². The third-order valence-electron chi connectivity index (χ3n) is 5.97. The van der Waals surface area contributed by atoms with Gasteiger partial charge in [0.15, 0.2) is 0 Å². The lowest BCUT2D eigenvalue weighted by Gasteiger charge is -2.20. The molecule has 1 aliphatic rings. The highest BCUT2D eigenvalue weighted by molar-refractivity contribution is 7.98. The highest BCUT2D eigenvalue weighted by Crippen LogP contribution is 2.35. The van der Waals surface area contributed by atoms with Gasteiger partial charge in [0.1, 0.15) is 10.7 Å². The highest BCUT2D eigenvalue weighted by atomic mass is 32.2. The monoisotopic (exact) mass is 469 g/mol. The van der Waals surface area contributed by atoms with Crippen LogP contribution in [0.5, 0.6) is 0 Å². The number of H-pyrrole nitrogens is 1. The summed E-state index contributed by atoms with van der Waals surface area (Å²) in [6.07, 6.45) is 3.61. The molecule has 1 amide bonds. The molecule has 32 heavy (non-hydrogen) atoms. The molecule has 0 aliphatic heterocycles. The van der Waals surface area contributed by atoms with Crippen LogP contribution < -0.4 is 10.9 Å². The van der Waals surface area contributed by atoms with Crippen molar-refractivity contribution < 1.29 is 4.79 Å². The molecule has 0 saturated heterocycles. The molecule has 0 spiro atoms. The predicted octanol–water partition coefficient (Wildman–Crippen LogP) is 5.98. The van der Waals surface area contributed by atoms with Crippen molar-refractivity contribution in [1.29, 1.82) is 0 Å². The van der Waals surface area contributed by atoms with Gasteiger partial charge < -0.3 is 10.3 Å². The number of nitrogens with one attached hydrogen (secondary N) is 2. The number of fused-ring (bicyclic) bond motifs is 3. The Morgan fingerprint density at radius 2 is 1.91 bits per heavy atom. The molecule has 0 bridgehead atoms. The van der Waals surface area contributed by atoms with E-state index in [-0.39, 0.29) is 11.5 Å². The Kier molecular flexibility index (Phi) is 7.05. The van der Waals surface area contributed by atoms with E-state index in [1.807, 2.05) is 0 Å². The minimum absolute atomic E-state index is 0.0192. The number of aromatic nitrogens is 2. The number of carbonyl (C=O) groups is 1. The zero-order valence-electron chi connectivity index (χ0n) is 19.2. The first-order chi connectivity index (χ1) is 15.3. The summed E-state index contributed by atoms with van der Waals surface area (Å²) in [6, 6.07) is 6.27. The molecule has 2 heterocycles.